The standard InChI is InChI=1S/C23H24BrN2O2.BrH/c1-28-22-8-5-4-7-19(22)26-16-20(25-14-6-2-3-9-23(25)26)17-10-12-18(13-11-17)21(27)15-24;/h4-5,7-8,10-13,16H,2-3,6,9,14-15H2,1H3;1H/q+1;/p-1. The lowest BCUT2D eigenvalue weighted by molar-refractivity contribution is -0.604. The summed E-state index contributed by atoms with van der Waals surface area (Å²) in [6.45, 7) is 1.01. The van der Waals surface area contributed by atoms with Gasteiger partial charge in [0, 0.05) is 17.5 Å². The molecule has 0 saturated carbocycles. The normalized spacial score (nSPS) is 13.2. The van der Waals surface area contributed by atoms with Crippen molar-refractivity contribution in [2.24, 2.45) is 0 Å². The third kappa shape index (κ3) is 4.33. The summed E-state index contributed by atoms with van der Waals surface area (Å²) < 4.78 is 10.3. The number of rotatable bonds is 5. The second-order valence-corrected chi connectivity index (χ2v) is 7.63. The molecule has 4 nitrogen and oxygen atoms in total. The molecule has 0 saturated heterocycles. The zero-order valence-corrected chi connectivity index (χ0v) is 19.6. The summed E-state index contributed by atoms with van der Waals surface area (Å²) in [5.41, 5.74) is 4.11. The molecule has 0 unspecified atom stereocenters. The Bertz CT molecular complexity index is 997. The number of nitrogens with zero attached hydrogens (tertiary/aromatic N) is 2. The van der Waals surface area contributed by atoms with Crippen LogP contribution in [0.15, 0.2) is 54.7 Å². The fourth-order valence-corrected chi connectivity index (χ4v) is 4.27. The van der Waals surface area contributed by atoms with E-state index in [-0.39, 0.29) is 22.8 Å². The minimum Gasteiger partial charge on any atom is -1.00 e. The summed E-state index contributed by atoms with van der Waals surface area (Å²) >= 11 is 3.25. The maximum atomic E-state index is 11.9. The van der Waals surface area contributed by atoms with Crippen molar-refractivity contribution in [1.82, 2.24) is 4.57 Å². The number of alkyl halides is 1. The average Bonchev–Trinajstić information content (AvgIpc) is 2.93. The lowest BCUT2D eigenvalue weighted by Crippen LogP contribution is -3.00. The van der Waals surface area contributed by atoms with Gasteiger partial charge < -0.3 is 21.7 Å². The monoisotopic (exact) mass is 518 g/mol. The van der Waals surface area contributed by atoms with Crippen molar-refractivity contribution < 1.29 is 31.1 Å². The van der Waals surface area contributed by atoms with Gasteiger partial charge in [0.15, 0.2) is 22.9 Å². The van der Waals surface area contributed by atoms with E-state index in [0.717, 1.165) is 35.5 Å². The van der Waals surface area contributed by atoms with Crippen LogP contribution in [0.1, 0.15) is 35.4 Å². The van der Waals surface area contributed by atoms with Gasteiger partial charge in [0.25, 0.3) is 5.82 Å². The first-order valence-electron chi connectivity index (χ1n) is 9.70. The van der Waals surface area contributed by atoms with E-state index in [1.165, 1.54) is 30.8 Å². The Morgan fingerprint density at radius 3 is 2.59 bits per heavy atom. The molecule has 1 aromatic heterocycles. The molecule has 152 valence electrons. The van der Waals surface area contributed by atoms with Crippen molar-refractivity contribution in [1.29, 1.82) is 0 Å². The molecule has 0 radical (unpaired) electrons. The van der Waals surface area contributed by atoms with Crippen molar-refractivity contribution in [2.75, 3.05) is 12.4 Å². The van der Waals surface area contributed by atoms with Gasteiger partial charge in [-0.2, -0.15) is 4.57 Å². The highest BCUT2D eigenvalue weighted by Crippen LogP contribution is 2.27. The van der Waals surface area contributed by atoms with Crippen LogP contribution < -0.4 is 26.3 Å². The molecular weight excluding hydrogens is 496 g/mol. The maximum absolute atomic E-state index is 11.9. The lowest BCUT2D eigenvalue weighted by atomic mass is 10.1. The van der Waals surface area contributed by atoms with Crippen LogP contribution in [0.25, 0.3) is 16.9 Å². The number of hydrogen-bond acceptors (Lipinski definition) is 2. The molecular formula is C23H24Br2N2O2. The smallest absolute Gasteiger partial charge is 0.262 e. The summed E-state index contributed by atoms with van der Waals surface area (Å²) in [4.78, 5) is 11.9. The summed E-state index contributed by atoms with van der Waals surface area (Å²) in [7, 11) is 1.72. The van der Waals surface area contributed by atoms with Crippen molar-refractivity contribution in [3.05, 3.63) is 66.1 Å². The van der Waals surface area contributed by atoms with Crippen LogP contribution in [-0.4, -0.2) is 22.8 Å². The number of carbonyl (C=O) groups is 1. The Labute approximate surface area is 190 Å². The summed E-state index contributed by atoms with van der Waals surface area (Å²) in [5.74, 6) is 2.28. The van der Waals surface area contributed by atoms with Crippen LogP contribution in [0.4, 0.5) is 0 Å². The number of methoxy groups -OCH3 is 1. The number of halogens is 2. The molecule has 2 heterocycles. The van der Waals surface area contributed by atoms with Crippen molar-refractivity contribution >= 4 is 21.7 Å². The predicted molar refractivity (Wildman–Crippen MR) is 114 cm³/mol. The fraction of sp³-hybridized carbons (Fsp3) is 0.304. The molecule has 0 aliphatic carbocycles. The Morgan fingerprint density at radius 1 is 1.10 bits per heavy atom. The molecule has 0 fully saturated rings. The summed E-state index contributed by atoms with van der Waals surface area (Å²) in [6.07, 6.45) is 6.86. The van der Waals surface area contributed by atoms with Crippen molar-refractivity contribution in [3.8, 4) is 22.7 Å². The van der Waals surface area contributed by atoms with Gasteiger partial charge in [-0.25, -0.2) is 4.57 Å². The van der Waals surface area contributed by atoms with E-state index >= 15 is 0 Å². The van der Waals surface area contributed by atoms with Gasteiger partial charge in [-0.1, -0.05) is 40.2 Å². The van der Waals surface area contributed by atoms with Crippen LogP contribution in [0.3, 0.4) is 0 Å². The van der Waals surface area contributed by atoms with Crippen LogP contribution in [-0.2, 0) is 13.0 Å². The molecule has 0 bridgehead atoms. The third-order valence-electron chi connectivity index (χ3n) is 5.38. The van der Waals surface area contributed by atoms with Gasteiger partial charge >= 0.3 is 0 Å². The van der Waals surface area contributed by atoms with Gasteiger partial charge in [0.1, 0.15) is 6.20 Å². The lowest BCUT2D eigenvalue weighted by Gasteiger charge is -2.06. The first kappa shape index (κ1) is 21.8. The Hall–Kier alpha value is -1.92. The highest BCUT2D eigenvalue weighted by molar-refractivity contribution is 9.09. The van der Waals surface area contributed by atoms with E-state index in [9.17, 15) is 4.79 Å². The molecule has 0 atom stereocenters. The van der Waals surface area contributed by atoms with E-state index in [4.69, 9.17) is 4.74 Å². The predicted octanol–water partition coefficient (Wildman–Crippen LogP) is 1.75. The zero-order valence-electron chi connectivity index (χ0n) is 16.4. The minimum atomic E-state index is 0. The van der Waals surface area contributed by atoms with Gasteiger partial charge in [-0.15, -0.1) is 0 Å². The first-order chi connectivity index (χ1) is 13.7. The second kappa shape index (κ2) is 9.72. The quantitative estimate of drug-likeness (QED) is 0.292. The number of benzene rings is 2. The number of Topliss-reactive ketones (excluding diaryl/α,β-unsaturated/α-hetero) is 1. The Kier molecular flexibility index (Phi) is 7.30. The topological polar surface area (TPSA) is 35.1 Å². The minimum absolute atomic E-state index is 0. The molecule has 1 aliphatic rings. The van der Waals surface area contributed by atoms with Gasteiger partial charge in [0.2, 0.25) is 0 Å². The number of hydrogen-bond donors (Lipinski definition) is 0. The highest BCUT2D eigenvalue weighted by atomic mass is 79.9. The number of imidazole rings is 1. The molecule has 29 heavy (non-hydrogen) atoms. The third-order valence-corrected chi connectivity index (χ3v) is 5.89. The fourth-order valence-electron chi connectivity index (χ4n) is 3.94. The number of para-hydroxylation sites is 2. The molecule has 0 spiro atoms. The molecule has 0 amide bonds. The van der Waals surface area contributed by atoms with Gasteiger partial charge in [-0.05, 0) is 43.5 Å². The van der Waals surface area contributed by atoms with E-state index in [1.807, 2.05) is 30.3 Å². The second-order valence-electron chi connectivity index (χ2n) is 7.07. The average molecular weight is 520 g/mol. The van der Waals surface area contributed by atoms with Crippen molar-refractivity contribution in [2.45, 2.75) is 32.2 Å². The van der Waals surface area contributed by atoms with E-state index in [2.05, 4.69) is 49.5 Å². The maximum Gasteiger partial charge on any atom is 0.262 e. The molecule has 4 rings (SSSR count). The number of ether oxygens (including phenoxy) is 1. The SMILES string of the molecule is COc1ccccc1-[n+]1cc(-c2ccc(C(=O)CBr)cc2)n2c1CCCCC2.[Br-]. The van der Waals surface area contributed by atoms with E-state index < -0.39 is 0 Å². The molecule has 3 aromatic rings. The van der Waals surface area contributed by atoms with E-state index in [1.54, 1.807) is 7.11 Å². The number of ketones is 1. The zero-order chi connectivity index (χ0) is 19.5. The molecule has 1 aliphatic heterocycles. The number of aromatic nitrogens is 2. The van der Waals surface area contributed by atoms with Crippen molar-refractivity contribution in [3.63, 3.8) is 0 Å². The Morgan fingerprint density at radius 2 is 1.86 bits per heavy atom. The number of fused-ring (bicyclic) bond motifs is 1. The number of carbonyl (C=O) groups excluding carboxylic acids is 1. The van der Waals surface area contributed by atoms with Crippen LogP contribution in [0, 0.1) is 0 Å². The van der Waals surface area contributed by atoms with Gasteiger partial charge in [-0.3, -0.25) is 4.79 Å². The van der Waals surface area contributed by atoms with Crippen LogP contribution >= 0.6 is 15.9 Å². The van der Waals surface area contributed by atoms with Crippen LogP contribution in [0.2, 0.25) is 0 Å². The summed E-state index contributed by atoms with van der Waals surface area (Å²) in [5, 5.41) is 0.348. The highest BCUT2D eigenvalue weighted by Gasteiger charge is 2.28. The molecule has 2 aromatic carbocycles. The largest absolute Gasteiger partial charge is 1.00 e. The van der Waals surface area contributed by atoms with Crippen LogP contribution in [0.5, 0.6) is 5.75 Å². The molecule has 6 heteroatoms. The Balaban J connectivity index is 0.00000240. The van der Waals surface area contributed by atoms with Gasteiger partial charge in [0.05, 0.1) is 19.0 Å². The summed E-state index contributed by atoms with van der Waals surface area (Å²) in [6, 6.07) is 16.1. The van der Waals surface area contributed by atoms with E-state index in [0.29, 0.717) is 5.33 Å². The first-order valence-corrected chi connectivity index (χ1v) is 10.8. The molecule has 0 N–H and O–H groups in total.